The van der Waals surface area contributed by atoms with E-state index in [1.165, 1.54) is 6.26 Å². The van der Waals surface area contributed by atoms with Gasteiger partial charge in [-0.2, -0.15) is 0 Å². The Balaban J connectivity index is 2.21. The normalized spacial score (nSPS) is 12.7. The SMILES string of the molecule is Cc1cccc(C(O)Cc2ccco2)c1F. The topological polar surface area (TPSA) is 33.4 Å². The smallest absolute Gasteiger partial charge is 0.131 e. The number of aliphatic hydroxyl groups excluding tert-OH is 1. The molecule has 1 atom stereocenters. The average molecular weight is 220 g/mol. The van der Waals surface area contributed by atoms with Crippen LogP contribution in [0.3, 0.4) is 0 Å². The van der Waals surface area contributed by atoms with Gasteiger partial charge in [0, 0.05) is 12.0 Å². The third-order valence-electron chi connectivity index (χ3n) is 2.56. The zero-order valence-electron chi connectivity index (χ0n) is 8.98. The minimum Gasteiger partial charge on any atom is -0.469 e. The fraction of sp³-hybridized carbons (Fsp3) is 0.231. The van der Waals surface area contributed by atoms with Gasteiger partial charge < -0.3 is 9.52 Å². The molecule has 1 N–H and O–H groups in total. The molecule has 2 aromatic rings. The monoisotopic (exact) mass is 220 g/mol. The van der Waals surface area contributed by atoms with Crippen LogP contribution >= 0.6 is 0 Å². The zero-order valence-corrected chi connectivity index (χ0v) is 8.98. The Labute approximate surface area is 93.3 Å². The quantitative estimate of drug-likeness (QED) is 0.862. The second-order valence-corrected chi connectivity index (χ2v) is 3.78. The first-order valence-corrected chi connectivity index (χ1v) is 5.14. The molecule has 0 aliphatic rings. The van der Waals surface area contributed by atoms with E-state index in [0.29, 0.717) is 16.9 Å². The van der Waals surface area contributed by atoms with Crippen molar-refractivity contribution < 1.29 is 13.9 Å². The lowest BCUT2D eigenvalue weighted by molar-refractivity contribution is 0.165. The molecule has 0 aliphatic carbocycles. The maximum Gasteiger partial charge on any atom is 0.131 e. The van der Waals surface area contributed by atoms with E-state index in [2.05, 4.69) is 0 Å². The molecule has 0 amide bonds. The minimum atomic E-state index is -0.869. The standard InChI is InChI=1S/C13H13FO2/c1-9-4-2-6-11(13(9)14)12(15)8-10-5-3-7-16-10/h2-7,12,15H,8H2,1H3. The van der Waals surface area contributed by atoms with E-state index in [9.17, 15) is 9.50 Å². The summed E-state index contributed by atoms with van der Waals surface area (Å²) in [4.78, 5) is 0. The van der Waals surface area contributed by atoms with E-state index in [1.807, 2.05) is 0 Å². The van der Waals surface area contributed by atoms with Gasteiger partial charge in [0.2, 0.25) is 0 Å². The maximum atomic E-state index is 13.7. The highest BCUT2D eigenvalue weighted by Gasteiger charge is 2.15. The summed E-state index contributed by atoms with van der Waals surface area (Å²) in [5.74, 6) is 0.301. The van der Waals surface area contributed by atoms with Crippen LogP contribution in [0.5, 0.6) is 0 Å². The van der Waals surface area contributed by atoms with Crippen molar-refractivity contribution in [1.82, 2.24) is 0 Å². The van der Waals surface area contributed by atoms with Crippen molar-refractivity contribution in [2.24, 2.45) is 0 Å². The first-order valence-electron chi connectivity index (χ1n) is 5.14. The van der Waals surface area contributed by atoms with Gasteiger partial charge in [-0.25, -0.2) is 4.39 Å². The number of aryl methyl sites for hydroxylation is 1. The first-order chi connectivity index (χ1) is 7.68. The highest BCUT2D eigenvalue weighted by Crippen LogP contribution is 2.23. The highest BCUT2D eigenvalue weighted by atomic mass is 19.1. The summed E-state index contributed by atoms with van der Waals surface area (Å²) in [5.41, 5.74) is 0.854. The van der Waals surface area contributed by atoms with Crippen LogP contribution in [0, 0.1) is 12.7 Å². The molecule has 1 heterocycles. The predicted molar refractivity (Wildman–Crippen MR) is 58.5 cm³/mol. The lowest BCUT2D eigenvalue weighted by atomic mass is 10.0. The number of rotatable bonds is 3. The van der Waals surface area contributed by atoms with Crippen molar-refractivity contribution >= 4 is 0 Å². The molecule has 1 unspecified atom stereocenters. The number of furan rings is 1. The van der Waals surface area contributed by atoms with Crippen molar-refractivity contribution in [2.75, 3.05) is 0 Å². The van der Waals surface area contributed by atoms with Crippen molar-refractivity contribution in [1.29, 1.82) is 0 Å². The number of aliphatic hydroxyl groups is 1. The summed E-state index contributed by atoms with van der Waals surface area (Å²) < 4.78 is 18.8. The molecule has 0 bridgehead atoms. The number of halogens is 1. The molecule has 0 aliphatic heterocycles. The molecule has 0 saturated carbocycles. The van der Waals surface area contributed by atoms with E-state index in [4.69, 9.17) is 4.42 Å². The molecule has 0 radical (unpaired) electrons. The summed E-state index contributed by atoms with van der Waals surface area (Å²) >= 11 is 0. The lowest BCUT2D eigenvalue weighted by Crippen LogP contribution is -2.04. The van der Waals surface area contributed by atoms with Crippen LogP contribution in [0.2, 0.25) is 0 Å². The molecule has 0 saturated heterocycles. The van der Waals surface area contributed by atoms with Gasteiger partial charge in [0.05, 0.1) is 12.4 Å². The Morgan fingerprint density at radius 2 is 2.12 bits per heavy atom. The van der Waals surface area contributed by atoms with Crippen molar-refractivity contribution in [2.45, 2.75) is 19.4 Å². The van der Waals surface area contributed by atoms with Crippen LogP contribution in [-0.2, 0) is 6.42 Å². The van der Waals surface area contributed by atoms with Gasteiger partial charge in [-0.15, -0.1) is 0 Å². The van der Waals surface area contributed by atoms with Crippen LogP contribution < -0.4 is 0 Å². The van der Waals surface area contributed by atoms with Gasteiger partial charge in [-0.3, -0.25) is 0 Å². The third kappa shape index (κ3) is 2.14. The fourth-order valence-corrected chi connectivity index (χ4v) is 1.66. The van der Waals surface area contributed by atoms with Gasteiger partial charge in [-0.1, -0.05) is 18.2 Å². The highest BCUT2D eigenvalue weighted by molar-refractivity contribution is 5.27. The summed E-state index contributed by atoms with van der Waals surface area (Å²) in [6, 6.07) is 8.51. The number of hydrogen-bond acceptors (Lipinski definition) is 2. The van der Waals surface area contributed by atoms with Gasteiger partial charge in [-0.05, 0) is 24.6 Å². The van der Waals surface area contributed by atoms with Crippen molar-refractivity contribution in [3.05, 3.63) is 59.3 Å². The summed E-state index contributed by atoms with van der Waals surface area (Å²) in [5, 5.41) is 9.90. The van der Waals surface area contributed by atoms with E-state index in [1.54, 1.807) is 37.3 Å². The van der Waals surface area contributed by atoms with E-state index < -0.39 is 6.10 Å². The van der Waals surface area contributed by atoms with Crippen LogP contribution in [0.1, 0.15) is 23.0 Å². The Morgan fingerprint density at radius 3 is 2.81 bits per heavy atom. The second kappa shape index (κ2) is 4.49. The first kappa shape index (κ1) is 10.9. The maximum absolute atomic E-state index is 13.7. The Bertz CT molecular complexity index is 463. The average Bonchev–Trinajstić information content (AvgIpc) is 2.74. The van der Waals surface area contributed by atoms with Crippen molar-refractivity contribution in [3.63, 3.8) is 0 Å². The molecular weight excluding hydrogens is 207 g/mol. The minimum absolute atomic E-state index is 0.285. The molecule has 0 fully saturated rings. The van der Waals surface area contributed by atoms with Gasteiger partial charge in [0.1, 0.15) is 11.6 Å². The molecule has 16 heavy (non-hydrogen) atoms. The number of benzene rings is 1. The second-order valence-electron chi connectivity index (χ2n) is 3.78. The van der Waals surface area contributed by atoms with Gasteiger partial charge in [0.15, 0.2) is 0 Å². The molecule has 2 nitrogen and oxygen atoms in total. The lowest BCUT2D eigenvalue weighted by Gasteiger charge is -2.11. The molecule has 1 aromatic carbocycles. The van der Waals surface area contributed by atoms with Gasteiger partial charge in [0.25, 0.3) is 0 Å². The van der Waals surface area contributed by atoms with Gasteiger partial charge >= 0.3 is 0 Å². The summed E-state index contributed by atoms with van der Waals surface area (Å²) in [7, 11) is 0. The van der Waals surface area contributed by atoms with Crippen LogP contribution in [0.25, 0.3) is 0 Å². The molecule has 1 aromatic heterocycles. The van der Waals surface area contributed by atoms with E-state index in [-0.39, 0.29) is 12.2 Å². The van der Waals surface area contributed by atoms with Crippen LogP contribution in [-0.4, -0.2) is 5.11 Å². The molecular formula is C13H13FO2. The van der Waals surface area contributed by atoms with Crippen molar-refractivity contribution in [3.8, 4) is 0 Å². The van der Waals surface area contributed by atoms with E-state index in [0.717, 1.165) is 0 Å². The Kier molecular flexibility index (Phi) is 3.06. The zero-order chi connectivity index (χ0) is 11.5. The van der Waals surface area contributed by atoms with E-state index >= 15 is 0 Å². The summed E-state index contributed by atoms with van der Waals surface area (Å²) in [6.07, 6.45) is 0.952. The Morgan fingerprint density at radius 1 is 1.31 bits per heavy atom. The summed E-state index contributed by atoms with van der Waals surface area (Å²) in [6.45, 7) is 1.68. The molecule has 0 spiro atoms. The molecule has 84 valence electrons. The Hall–Kier alpha value is -1.61. The third-order valence-corrected chi connectivity index (χ3v) is 2.56. The van der Waals surface area contributed by atoms with Crippen LogP contribution in [0.15, 0.2) is 41.0 Å². The fourth-order valence-electron chi connectivity index (χ4n) is 1.66. The predicted octanol–water partition coefficient (Wildman–Crippen LogP) is 3.00. The molecule has 2 rings (SSSR count). The van der Waals surface area contributed by atoms with Crippen LogP contribution in [0.4, 0.5) is 4.39 Å². The number of hydrogen-bond donors (Lipinski definition) is 1. The molecule has 3 heteroatoms. The largest absolute Gasteiger partial charge is 0.469 e.